The Labute approximate surface area is 166 Å². The maximum atomic E-state index is 12.8. The highest BCUT2D eigenvalue weighted by molar-refractivity contribution is 6.11. The minimum Gasteiger partial charge on any atom is -0.466 e. The molecule has 0 heterocycles. The molecule has 4 aliphatic rings. The summed E-state index contributed by atoms with van der Waals surface area (Å²) in [4.78, 5) is 50.8. The Kier molecular flexibility index (Phi) is 4.08. The lowest BCUT2D eigenvalue weighted by Crippen LogP contribution is -2.57. The Morgan fingerprint density at radius 1 is 0.759 bits per heavy atom. The van der Waals surface area contributed by atoms with Gasteiger partial charge in [0.05, 0.1) is 50.7 Å². The highest BCUT2D eigenvalue weighted by atomic mass is 16.5. The molecule has 2 spiro atoms. The standard InChI is InChI=1S/C21H20O8/c1-26-16(22)11-10-9-20(14(11)18(24)28-3)7-5-6-8-21(20)13(10)12(17(23)27-2)15(21)19(25)29-4/h5-8,10,13H,9H2,1-4H3/t10-,13+,20-,21+/m0/s1. The molecule has 4 atom stereocenters. The van der Waals surface area contributed by atoms with E-state index in [4.69, 9.17) is 18.9 Å². The van der Waals surface area contributed by atoms with Crippen molar-refractivity contribution >= 4 is 23.9 Å². The molecule has 4 aliphatic carbocycles. The van der Waals surface area contributed by atoms with Crippen LogP contribution in [0.4, 0.5) is 0 Å². The molecule has 0 N–H and O–H groups in total. The fourth-order valence-corrected chi connectivity index (χ4v) is 5.87. The third-order valence-corrected chi connectivity index (χ3v) is 6.69. The van der Waals surface area contributed by atoms with Crippen LogP contribution in [0.3, 0.4) is 0 Å². The van der Waals surface area contributed by atoms with Crippen molar-refractivity contribution in [1.29, 1.82) is 0 Å². The summed E-state index contributed by atoms with van der Waals surface area (Å²) < 4.78 is 19.8. The van der Waals surface area contributed by atoms with E-state index in [2.05, 4.69) is 0 Å². The fraction of sp³-hybridized carbons (Fsp3) is 0.429. The topological polar surface area (TPSA) is 105 Å². The van der Waals surface area contributed by atoms with Crippen molar-refractivity contribution in [2.45, 2.75) is 6.42 Å². The number of fused-ring (bicyclic) bond motifs is 2. The van der Waals surface area contributed by atoms with Crippen molar-refractivity contribution in [3.8, 4) is 0 Å². The molecule has 0 saturated heterocycles. The second kappa shape index (κ2) is 6.17. The molecule has 0 aliphatic heterocycles. The lowest BCUT2D eigenvalue weighted by Gasteiger charge is -2.56. The van der Waals surface area contributed by atoms with E-state index in [1.54, 1.807) is 18.2 Å². The summed E-state index contributed by atoms with van der Waals surface area (Å²) >= 11 is 0. The van der Waals surface area contributed by atoms with E-state index in [1.165, 1.54) is 28.4 Å². The number of hydrogen-bond donors (Lipinski definition) is 0. The molecule has 0 amide bonds. The first-order chi connectivity index (χ1) is 13.9. The molecular weight excluding hydrogens is 380 g/mol. The number of esters is 4. The van der Waals surface area contributed by atoms with Crippen molar-refractivity contribution in [1.82, 2.24) is 0 Å². The number of allylic oxidation sites excluding steroid dienone is 4. The van der Waals surface area contributed by atoms with E-state index in [-0.39, 0.29) is 22.3 Å². The smallest absolute Gasteiger partial charge is 0.335 e. The number of carbonyl (C=O) groups excluding carboxylic acids is 4. The fourth-order valence-electron chi connectivity index (χ4n) is 5.87. The van der Waals surface area contributed by atoms with Gasteiger partial charge in [0.25, 0.3) is 0 Å². The van der Waals surface area contributed by atoms with Gasteiger partial charge in [-0.1, -0.05) is 24.3 Å². The van der Waals surface area contributed by atoms with Gasteiger partial charge in [0.1, 0.15) is 0 Å². The van der Waals surface area contributed by atoms with Crippen LogP contribution in [0, 0.1) is 22.7 Å². The molecule has 8 nitrogen and oxygen atoms in total. The summed E-state index contributed by atoms with van der Waals surface area (Å²) in [6.07, 6.45) is 7.50. The maximum Gasteiger partial charge on any atom is 0.335 e. The minimum absolute atomic E-state index is 0.158. The Bertz CT molecular complexity index is 969. The number of hydrogen-bond acceptors (Lipinski definition) is 8. The highest BCUT2D eigenvalue weighted by Crippen LogP contribution is 2.80. The van der Waals surface area contributed by atoms with Gasteiger partial charge in [0.2, 0.25) is 0 Å². The summed E-state index contributed by atoms with van der Waals surface area (Å²) in [5.41, 5.74) is -1.33. The molecule has 1 saturated carbocycles. The van der Waals surface area contributed by atoms with E-state index in [0.717, 1.165) is 0 Å². The predicted molar refractivity (Wildman–Crippen MR) is 96.9 cm³/mol. The van der Waals surface area contributed by atoms with Crippen LogP contribution in [0.1, 0.15) is 6.42 Å². The van der Waals surface area contributed by atoms with Gasteiger partial charge in [-0.25, -0.2) is 19.2 Å². The quantitative estimate of drug-likeness (QED) is 0.509. The summed E-state index contributed by atoms with van der Waals surface area (Å²) in [6.45, 7) is 0. The van der Waals surface area contributed by atoms with Crippen molar-refractivity contribution in [3.05, 3.63) is 46.6 Å². The molecule has 0 aromatic carbocycles. The second-order valence-electron chi connectivity index (χ2n) is 7.39. The zero-order valence-corrected chi connectivity index (χ0v) is 16.4. The molecular formula is C21H20O8. The van der Waals surface area contributed by atoms with Crippen molar-refractivity contribution < 1.29 is 38.1 Å². The molecule has 0 radical (unpaired) electrons. The van der Waals surface area contributed by atoms with Crippen LogP contribution in [0.15, 0.2) is 46.6 Å². The van der Waals surface area contributed by atoms with Crippen molar-refractivity contribution in [3.63, 3.8) is 0 Å². The summed E-state index contributed by atoms with van der Waals surface area (Å²) in [5.74, 6) is -3.67. The number of ether oxygens (including phenoxy) is 4. The molecule has 0 aromatic heterocycles. The van der Waals surface area contributed by atoms with Crippen LogP contribution < -0.4 is 0 Å². The van der Waals surface area contributed by atoms with Gasteiger partial charge in [-0.15, -0.1) is 0 Å². The van der Waals surface area contributed by atoms with E-state index in [0.29, 0.717) is 6.42 Å². The van der Waals surface area contributed by atoms with Crippen molar-refractivity contribution in [2.24, 2.45) is 22.7 Å². The molecule has 0 unspecified atom stereocenters. The number of methoxy groups -OCH3 is 4. The van der Waals surface area contributed by atoms with E-state index in [1.807, 2.05) is 6.08 Å². The number of carbonyl (C=O) groups is 4. The predicted octanol–water partition coefficient (Wildman–Crippen LogP) is 1.03. The Morgan fingerprint density at radius 3 is 1.86 bits per heavy atom. The molecule has 8 heteroatoms. The monoisotopic (exact) mass is 400 g/mol. The molecule has 4 rings (SSSR count). The summed E-state index contributed by atoms with van der Waals surface area (Å²) in [5, 5.41) is 0. The van der Waals surface area contributed by atoms with Gasteiger partial charge in [-0.3, -0.25) is 0 Å². The molecule has 2 bridgehead atoms. The zero-order chi connectivity index (χ0) is 21.1. The Balaban J connectivity index is 2.04. The van der Waals surface area contributed by atoms with Gasteiger partial charge in [-0.2, -0.15) is 0 Å². The van der Waals surface area contributed by atoms with Gasteiger partial charge >= 0.3 is 23.9 Å². The average Bonchev–Trinajstić information content (AvgIpc) is 3.17. The maximum absolute atomic E-state index is 12.8. The Hall–Kier alpha value is -3.16. The first-order valence-electron chi connectivity index (χ1n) is 9.05. The normalized spacial score (nSPS) is 33.0. The van der Waals surface area contributed by atoms with E-state index in [9.17, 15) is 19.2 Å². The largest absolute Gasteiger partial charge is 0.466 e. The van der Waals surface area contributed by atoms with Crippen LogP contribution in [0.2, 0.25) is 0 Å². The Morgan fingerprint density at radius 2 is 1.28 bits per heavy atom. The third kappa shape index (κ3) is 1.93. The van der Waals surface area contributed by atoms with Gasteiger partial charge in [-0.05, 0) is 6.42 Å². The minimum atomic E-state index is -1.02. The molecule has 1 fully saturated rings. The van der Waals surface area contributed by atoms with Crippen LogP contribution >= 0.6 is 0 Å². The molecule has 0 aromatic rings. The van der Waals surface area contributed by atoms with Gasteiger partial charge in [0.15, 0.2) is 0 Å². The van der Waals surface area contributed by atoms with Crippen LogP contribution in [-0.4, -0.2) is 52.3 Å². The van der Waals surface area contributed by atoms with Crippen LogP contribution in [0.5, 0.6) is 0 Å². The zero-order valence-electron chi connectivity index (χ0n) is 16.4. The lowest BCUT2D eigenvalue weighted by molar-refractivity contribution is -0.146. The number of rotatable bonds is 4. The third-order valence-electron chi connectivity index (χ3n) is 6.69. The highest BCUT2D eigenvalue weighted by Gasteiger charge is 2.79. The van der Waals surface area contributed by atoms with Gasteiger partial charge in [0, 0.05) is 22.7 Å². The molecule has 29 heavy (non-hydrogen) atoms. The van der Waals surface area contributed by atoms with Gasteiger partial charge < -0.3 is 18.9 Å². The first kappa shape index (κ1) is 19.2. The lowest BCUT2D eigenvalue weighted by atomic mass is 9.43. The SMILES string of the molecule is COC(=O)C1=C(C(=O)OC)[C@@]23C=CC=C[C@@]24C(C(=O)OC)=C(C(=O)OC)[C@H]4[C@H]1C3. The van der Waals surface area contributed by atoms with Crippen LogP contribution in [0.25, 0.3) is 0 Å². The molecule has 152 valence electrons. The van der Waals surface area contributed by atoms with Crippen LogP contribution in [-0.2, 0) is 38.1 Å². The average molecular weight is 400 g/mol. The van der Waals surface area contributed by atoms with E-state index < -0.39 is 46.5 Å². The van der Waals surface area contributed by atoms with E-state index >= 15 is 0 Å². The van der Waals surface area contributed by atoms with Crippen molar-refractivity contribution in [2.75, 3.05) is 28.4 Å². The summed E-state index contributed by atoms with van der Waals surface area (Å²) in [6, 6.07) is 0. The second-order valence-corrected chi connectivity index (χ2v) is 7.39. The first-order valence-corrected chi connectivity index (χ1v) is 9.05. The summed E-state index contributed by atoms with van der Waals surface area (Å²) in [7, 11) is 4.92.